The quantitative estimate of drug-likeness (QED) is 0.607. The van der Waals surface area contributed by atoms with Crippen LogP contribution in [0.3, 0.4) is 0 Å². The number of carbonyl (C=O) groups excluding carboxylic acids is 1. The highest BCUT2D eigenvalue weighted by molar-refractivity contribution is 5.86. The number of hydrazone groups is 1. The van der Waals surface area contributed by atoms with E-state index < -0.39 is 0 Å². The van der Waals surface area contributed by atoms with E-state index in [4.69, 9.17) is 9.47 Å². The molecule has 23 heavy (non-hydrogen) atoms. The number of hydrogen-bond acceptors (Lipinski definition) is 5. The molecule has 0 unspecified atom stereocenters. The molecule has 0 aliphatic carbocycles. The van der Waals surface area contributed by atoms with Gasteiger partial charge in [0.15, 0.2) is 0 Å². The Morgan fingerprint density at radius 2 is 1.96 bits per heavy atom. The van der Waals surface area contributed by atoms with Crippen LogP contribution in [0.15, 0.2) is 53.6 Å². The number of carbonyl (C=O) groups is 1. The smallest absolute Gasteiger partial charge is 0.259 e. The molecule has 0 heterocycles. The van der Waals surface area contributed by atoms with Crippen molar-refractivity contribution < 1.29 is 14.3 Å². The second-order valence-corrected chi connectivity index (χ2v) is 4.62. The third-order valence-electron chi connectivity index (χ3n) is 3.05. The summed E-state index contributed by atoms with van der Waals surface area (Å²) in [6.45, 7) is 0.108. The van der Waals surface area contributed by atoms with E-state index in [0.29, 0.717) is 5.75 Å². The summed E-state index contributed by atoms with van der Waals surface area (Å²) in [6, 6.07) is 14.8. The van der Waals surface area contributed by atoms with Gasteiger partial charge < -0.3 is 14.8 Å². The number of nitrogens with zero attached hydrogens (tertiary/aromatic N) is 1. The van der Waals surface area contributed by atoms with Gasteiger partial charge in [-0.15, -0.1) is 0 Å². The highest BCUT2D eigenvalue weighted by Gasteiger charge is 2.01. The SMILES string of the molecule is COc1cccc(NCC(=O)N/N=C\c2ccccc2OC)c1. The van der Waals surface area contributed by atoms with Crippen molar-refractivity contribution in [2.75, 3.05) is 26.1 Å². The van der Waals surface area contributed by atoms with Gasteiger partial charge in [0.25, 0.3) is 5.91 Å². The molecule has 1 amide bonds. The molecule has 0 bridgehead atoms. The second kappa shape index (κ2) is 8.43. The van der Waals surface area contributed by atoms with Crippen LogP contribution in [0.1, 0.15) is 5.56 Å². The number of rotatable bonds is 7. The Morgan fingerprint density at radius 1 is 1.13 bits per heavy atom. The molecule has 0 atom stereocenters. The minimum atomic E-state index is -0.251. The van der Waals surface area contributed by atoms with Crippen molar-refractivity contribution in [1.29, 1.82) is 0 Å². The molecule has 6 heteroatoms. The van der Waals surface area contributed by atoms with E-state index in [1.165, 1.54) is 0 Å². The summed E-state index contributed by atoms with van der Waals surface area (Å²) in [5, 5.41) is 6.93. The first kappa shape index (κ1) is 16.4. The van der Waals surface area contributed by atoms with Crippen molar-refractivity contribution in [2.24, 2.45) is 5.10 Å². The summed E-state index contributed by atoms with van der Waals surface area (Å²) < 4.78 is 10.3. The molecule has 0 spiro atoms. The first-order valence-electron chi connectivity index (χ1n) is 7.06. The van der Waals surface area contributed by atoms with Gasteiger partial charge in [-0.25, -0.2) is 5.43 Å². The minimum Gasteiger partial charge on any atom is -0.497 e. The molecule has 0 radical (unpaired) electrons. The summed E-state index contributed by atoms with van der Waals surface area (Å²) in [7, 11) is 3.18. The Kier molecular flexibility index (Phi) is 5.99. The zero-order valence-electron chi connectivity index (χ0n) is 13.1. The van der Waals surface area contributed by atoms with E-state index >= 15 is 0 Å². The predicted molar refractivity (Wildman–Crippen MR) is 90.2 cm³/mol. The van der Waals surface area contributed by atoms with Crippen molar-refractivity contribution in [3.8, 4) is 11.5 Å². The van der Waals surface area contributed by atoms with Crippen molar-refractivity contribution in [3.63, 3.8) is 0 Å². The minimum absolute atomic E-state index is 0.108. The van der Waals surface area contributed by atoms with E-state index in [0.717, 1.165) is 17.0 Å². The monoisotopic (exact) mass is 313 g/mol. The number of para-hydroxylation sites is 1. The van der Waals surface area contributed by atoms with Gasteiger partial charge in [0.05, 0.1) is 27.0 Å². The Morgan fingerprint density at radius 3 is 2.74 bits per heavy atom. The average Bonchev–Trinajstić information content (AvgIpc) is 2.60. The van der Waals surface area contributed by atoms with Gasteiger partial charge in [-0.2, -0.15) is 5.10 Å². The largest absolute Gasteiger partial charge is 0.497 e. The van der Waals surface area contributed by atoms with E-state index in [1.54, 1.807) is 20.4 Å². The van der Waals surface area contributed by atoms with Crippen LogP contribution in [0.2, 0.25) is 0 Å². The van der Waals surface area contributed by atoms with E-state index in [9.17, 15) is 4.79 Å². The molecule has 2 N–H and O–H groups in total. The summed E-state index contributed by atoms with van der Waals surface area (Å²) in [6.07, 6.45) is 1.54. The van der Waals surface area contributed by atoms with Crippen LogP contribution >= 0.6 is 0 Å². The molecule has 0 aromatic heterocycles. The molecule has 0 fully saturated rings. The molecule has 120 valence electrons. The third-order valence-corrected chi connectivity index (χ3v) is 3.05. The Bertz CT molecular complexity index is 686. The Hall–Kier alpha value is -3.02. The Balaban J connectivity index is 1.84. The van der Waals surface area contributed by atoms with Crippen molar-refractivity contribution >= 4 is 17.8 Å². The van der Waals surface area contributed by atoms with Crippen LogP contribution in [0.4, 0.5) is 5.69 Å². The van der Waals surface area contributed by atoms with Crippen LogP contribution in [-0.2, 0) is 4.79 Å². The van der Waals surface area contributed by atoms with Gasteiger partial charge in [-0.1, -0.05) is 18.2 Å². The fraction of sp³-hybridized carbons (Fsp3) is 0.176. The maximum Gasteiger partial charge on any atom is 0.259 e. The van der Waals surface area contributed by atoms with Crippen LogP contribution in [-0.4, -0.2) is 32.9 Å². The van der Waals surface area contributed by atoms with Crippen molar-refractivity contribution in [3.05, 3.63) is 54.1 Å². The zero-order valence-corrected chi connectivity index (χ0v) is 13.1. The molecule has 2 rings (SSSR count). The van der Waals surface area contributed by atoms with E-state index in [-0.39, 0.29) is 12.5 Å². The standard InChI is InChI=1S/C17H19N3O3/c1-22-15-8-5-7-14(10-15)18-12-17(21)20-19-11-13-6-3-4-9-16(13)23-2/h3-11,18H,12H2,1-2H3,(H,20,21)/b19-11-. The van der Waals surface area contributed by atoms with Gasteiger partial charge in [-0.05, 0) is 24.3 Å². The van der Waals surface area contributed by atoms with Crippen molar-refractivity contribution in [1.82, 2.24) is 5.43 Å². The summed E-state index contributed by atoms with van der Waals surface area (Å²) in [5.41, 5.74) is 4.05. The lowest BCUT2D eigenvalue weighted by Crippen LogP contribution is -2.25. The number of amides is 1. The Labute approximate surface area is 135 Å². The number of nitrogens with one attached hydrogen (secondary N) is 2. The molecule has 0 saturated carbocycles. The summed E-state index contributed by atoms with van der Waals surface area (Å²) in [5.74, 6) is 1.17. The van der Waals surface area contributed by atoms with Crippen LogP contribution < -0.4 is 20.2 Å². The molecule has 2 aromatic carbocycles. The normalized spacial score (nSPS) is 10.3. The lowest BCUT2D eigenvalue weighted by molar-refractivity contribution is -0.119. The van der Waals surface area contributed by atoms with Crippen LogP contribution in [0.25, 0.3) is 0 Å². The first-order valence-corrected chi connectivity index (χ1v) is 7.06. The zero-order chi connectivity index (χ0) is 16.5. The fourth-order valence-corrected chi connectivity index (χ4v) is 1.90. The van der Waals surface area contributed by atoms with Gasteiger partial charge in [0.2, 0.25) is 0 Å². The highest BCUT2D eigenvalue weighted by Crippen LogP contribution is 2.16. The number of ether oxygens (including phenoxy) is 2. The third kappa shape index (κ3) is 5.03. The predicted octanol–water partition coefficient (Wildman–Crippen LogP) is 2.27. The van der Waals surface area contributed by atoms with Crippen LogP contribution in [0.5, 0.6) is 11.5 Å². The second-order valence-electron chi connectivity index (χ2n) is 4.62. The maximum absolute atomic E-state index is 11.8. The van der Waals surface area contributed by atoms with Gasteiger partial charge in [-0.3, -0.25) is 4.79 Å². The molecular formula is C17H19N3O3. The van der Waals surface area contributed by atoms with Gasteiger partial charge in [0, 0.05) is 17.3 Å². The van der Waals surface area contributed by atoms with E-state index in [2.05, 4.69) is 15.8 Å². The lowest BCUT2D eigenvalue weighted by atomic mass is 10.2. The van der Waals surface area contributed by atoms with E-state index in [1.807, 2.05) is 48.5 Å². The molecule has 0 saturated heterocycles. The molecule has 0 aliphatic heterocycles. The number of benzene rings is 2. The lowest BCUT2D eigenvalue weighted by Gasteiger charge is -2.07. The molecule has 6 nitrogen and oxygen atoms in total. The van der Waals surface area contributed by atoms with Crippen LogP contribution in [0, 0.1) is 0 Å². The summed E-state index contributed by atoms with van der Waals surface area (Å²) in [4.78, 5) is 11.8. The number of methoxy groups -OCH3 is 2. The fourth-order valence-electron chi connectivity index (χ4n) is 1.90. The molecule has 0 aliphatic rings. The van der Waals surface area contributed by atoms with Gasteiger partial charge >= 0.3 is 0 Å². The number of hydrogen-bond donors (Lipinski definition) is 2. The highest BCUT2D eigenvalue weighted by atomic mass is 16.5. The summed E-state index contributed by atoms with van der Waals surface area (Å²) >= 11 is 0. The van der Waals surface area contributed by atoms with Gasteiger partial charge in [0.1, 0.15) is 11.5 Å². The molecule has 2 aromatic rings. The topological polar surface area (TPSA) is 72.0 Å². The first-order chi connectivity index (χ1) is 11.2. The maximum atomic E-state index is 11.8. The molecular weight excluding hydrogens is 294 g/mol. The average molecular weight is 313 g/mol. The van der Waals surface area contributed by atoms with Crippen molar-refractivity contribution in [2.45, 2.75) is 0 Å². The number of anilines is 1.